The van der Waals surface area contributed by atoms with Gasteiger partial charge in [0.1, 0.15) is 0 Å². The highest BCUT2D eigenvalue weighted by Crippen LogP contribution is 2.47. The smallest absolute Gasteiger partial charge is 0.0401 e. The Labute approximate surface area is 87.6 Å². The van der Waals surface area contributed by atoms with Crippen LogP contribution in [0.5, 0.6) is 0 Å². The highest BCUT2D eigenvalue weighted by molar-refractivity contribution is 5.32. The molecule has 0 aliphatic heterocycles. The molecule has 78 valence electrons. The van der Waals surface area contributed by atoms with Gasteiger partial charge in [0.25, 0.3) is 0 Å². The van der Waals surface area contributed by atoms with Crippen LogP contribution in [0.25, 0.3) is 0 Å². The van der Waals surface area contributed by atoms with Crippen LogP contribution in [0.1, 0.15) is 50.4 Å². The third-order valence-corrected chi connectivity index (χ3v) is 3.04. The van der Waals surface area contributed by atoms with Crippen LogP contribution in [0.15, 0.2) is 12.3 Å². The summed E-state index contributed by atoms with van der Waals surface area (Å²) in [5.74, 6) is 0. The van der Waals surface area contributed by atoms with E-state index < -0.39 is 0 Å². The van der Waals surface area contributed by atoms with E-state index in [0.29, 0.717) is 5.41 Å². The molecule has 0 spiro atoms. The lowest BCUT2D eigenvalue weighted by Crippen LogP contribution is -2.01. The van der Waals surface area contributed by atoms with Crippen molar-refractivity contribution in [2.45, 2.75) is 52.9 Å². The number of aryl methyl sites for hydroxylation is 2. The molecule has 0 bridgehead atoms. The van der Waals surface area contributed by atoms with Crippen LogP contribution in [0, 0.1) is 13.8 Å². The minimum absolute atomic E-state index is 0.464. The van der Waals surface area contributed by atoms with E-state index in [1.807, 2.05) is 20.0 Å². The summed E-state index contributed by atoms with van der Waals surface area (Å²) in [6, 6.07) is 2.29. The van der Waals surface area contributed by atoms with Crippen molar-refractivity contribution >= 4 is 0 Å². The molecule has 1 heterocycles. The molecular weight excluding hydrogens is 170 g/mol. The van der Waals surface area contributed by atoms with Gasteiger partial charge in [0, 0.05) is 11.9 Å². The second-order valence-corrected chi connectivity index (χ2v) is 4.19. The molecule has 0 atom stereocenters. The summed E-state index contributed by atoms with van der Waals surface area (Å²) < 4.78 is 0. The fourth-order valence-corrected chi connectivity index (χ4v) is 1.45. The first-order valence-electron chi connectivity index (χ1n) is 5.55. The van der Waals surface area contributed by atoms with Crippen molar-refractivity contribution in [2.75, 3.05) is 0 Å². The van der Waals surface area contributed by atoms with Gasteiger partial charge in [-0.15, -0.1) is 0 Å². The van der Waals surface area contributed by atoms with Crippen LogP contribution in [-0.2, 0) is 5.41 Å². The molecule has 0 amide bonds. The molecule has 0 unspecified atom stereocenters. The summed E-state index contributed by atoms with van der Waals surface area (Å²) in [6.07, 6.45) is 4.70. The Bertz CT molecular complexity index is 311. The number of aromatic nitrogens is 1. The number of nitrogens with zero attached hydrogens (tertiary/aromatic N) is 1. The second kappa shape index (κ2) is 4.12. The van der Waals surface area contributed by atoms with Crippen molar-refractivity contribution in [3.63, 3.8) is 0 Å². The van der Waals surface area contributed by atoms with Crippen LogP contribution in [0.4, 0.5) is 0 Å². The van der Waals surface area contributed by atoms with Crippen LogP contribution in [0.2, 0.25) is 0 Å². The van der Waals surface area contributed by atoms with Crippen LogP contribution < -0.4 is 0 Å². The summed E-state index contributed by atoms with van der Waals surface area (Å²) in [4.78, 5) is 4.39. The topological polar surface area (TPSA) is 12.9 Å². The number of hydrogen-bond acceptors (Lipinski definition) is 1. The zero-order chi connectivity index (χ0) is 10.8. The average Bonchev–Trinajstić information content (AvgIpc) is 2.93. The van der Waals surface area contributed by atoms with E-state index in [9.17, 15) is 0 Å². The Morgan fingerprint density at radius 2 is 1.79 bits per heavy atom. The summed E-state index contributed by atoms with van der Waals surface area (Å²) >= 11 is 0. The molecule has 1 aromatic rings. The molecule has 0 N–H and O–H groups in total. The summed E-state index contributed by atoms with van der Waals surface area (Å²) in [5.41, 5.74) is 4.36. The zero-order valence-electron chi connectivity index (χ0n) is 10.0. The lowest BCUT2D eigenvalue weighted by molar-refractivity contribution is 0.777. The minimum atomic E-state index is 0.464. The van der Waals surface area contributed by atoms with Crippen molar-refractivity contribution in [3.05, 3.63) is 29.1 Å². The molecule has 0 radical (unpaired) electrons. The van der Waals surface area contributed by atoms with Crippen molar-refractivity contribution in [1.29, 1.82) is 0 Å². The SMILES string of the molecule is CC.Cc1cc(C2(C)CC2)cnc1C. The Morgan fingerprint density at radius 1 is 1.21 bits per heavy atom. The molecule has 0 aromatic carbocycles. The normalized spacial score (nSPS) is 16.9. The maximum Gasteiger partial charge on any atom is 0.0401 e. The molecule has 1 saturated carbocycles. The molecule has 1 heteroatoms. The van der Waals surface area contributed by atoms with Gasteiger partial charge in [-0.05, 0) is 43.2 Å². The Hall–Kier alpha value is -0.850. The summed E-state index contributed by atoms with van der Waals surface area (Å²) in [6.45, 7) is 10.5. The Morgan fingerprint density at radius 3 is 2.21 bits per heavy atom. The average molecular weight is 191 g/mol. The number of hydrogen-bond donors (Lipinski definition) is 0. The van der Waals surface area contributed by atoms with Crippen LogP contribution >= 0.6 is 0 Å². The predicted molar refractivity (Wildman–Crippen MR) is 61.6 cm³/mol. The van der Waals surface area contributed by atoms with Gasteiger partial charge < -0.3 is 0 Å². The molecule has 1 fully saturated rings. The van der Waals surface area contributed by atoms with Crippen molar-refractivity contribution < 1.29 is 0 Å². The van der Waals surface area contributed by atoms with E-state index in [-0.39, 0.29) is 0 Å². The zero-order valence-corrected chi connectivity index (χ0v) is 10.0. The largest absolute Gasteiger partial charge is 0.261 e. The van der Waals surface area contributed by atoms with Gasteiger partial charge in [0.15, 0.2) is 0 Å². The van der Waals surface area contributed by atoms with Crippen molar-refractivity contribution in [1.82, 2.24) is 4.98 Å². The standard InChI is InChI=1S/C11H15N.C2H6/c1-8-6-10(7-12-9(8)2)11(3)4-5-11;1-2/h6-7H,4-5H2,1-3H3;1-2H3. The maximum absolute atomic E-state index is 4.39. The van der Waals surface area contributed by atoms with E-state index >= 15 is 0 Å². The summed E-state index contributed by atoms with van der Waals surface area (Å²) in [5, 5.41) is 0. The van der Waals surface area contributed by atoms with E-state index in [4.69, 9.17) is 0 Å². The lowest BCUT2D eigenvalue weighted by Gasteiger charge is -2.09. The second-order valence-electron chi connectivity index (χ2n) is 4.19. The van der Waals surface area contributed by atoms with Gasteiger partial charge in [-0.25, -0.2) is 0 Å². The molecular formula is C13H21N. The molecule has 0 saturated heterocycles. The first-order valence-corrected chi connectivity index (χ1v) is 5.55. The Kier molecular flexibility index (Phi) is 3.30. The monoisotopic (exact) mass is 191 g/mol. The van der Waals surface area contributed by atoms with Crippen molar-refractivity contribution in [3.8, 4) is 0 Å². The lowest BCUT2D eigenvalue weighted by atomic mass is 9.98. The van der Waals surface area contributed by atoms with E-state index in [0.717, 1.165) is 5.69 Å². The van der Waals surface area contributed by atoms with E-state index in [1.54, 1.807) is 0 Å². The highest BCUT2D eigenvalue weighted by atomic mass is 14.7. The maximum atomic E-state index is 4.39. The van der Waals surface area contributed by atoms with Gasteiger partial charge in [-0.3, -0.25) is 4.98 Å². The quantitative estimate of drug-likeness (QED) is 0.658. The third-order valence-electron chi connectivity index (χ3n) is 3.04. The van der Waals surface area contributed by atoms with Gasteiger partial charge in [-0.2, -0.15) is 0 Å². The minimum Gasteiger partial charge on any atom is -0.261 e. The molecule has 2 rings (SSSR count). The number of rotatable bonds is 1. The molecule has 1 nitrogen and oxygen atoms in total. The van der Waals surface area contributed by atoms with E-state index in [1.165, 1.54) is 24.0 Å². The molecule has 1 aromatic heterocycles. The van der Waals surface area contributed by atoms with Crippen LogP contribution in [-0.4, -0.2) is 4.98 Å². The van der Waals surface area contributed by atoms with Gasteiger partial charge in [0.2, 0.25) is 0 Å². The predicted octanol–water partition coefficient (Wildman–Crippen LogP) is 3.78. The van der Waals surface area contributed by atoms with Gasteiger partial charge >= 0.3 is 0 Å². The first-order chi connectivity index (χ1) is 6.62. The third kappa shape index (κ3) is 2.14. The number of pyridine rings is 1. The Balaban J connectivity index is 0.000000461. The van der Waals surface area contributed by atoms with Gasteiger partial charge in [0.05, 0.1) is 0 Å². The molecule has 14 heavy (non-hydrogen) atoms. The summed E-state index contributed by atoms with van der Waals surface area (Å²) in [7, 11) is 0. The molecule has 1 aliphatic carbocycles. The fraction of sp³-hybridized carbons (Fsp3) is 0.615. The van der Waals surface area contributed by atoms with Gasteiger partial charge in [-0.1, -0.05) is 26.8 Å². The van der Waals surface area contributed by atoms with Crippen molar-refractivity contribution in [2.24, 2.45) is 0 Å². The van der Waals surface area contributed by atoms with E-state index in [2.05, 4.69) is 31.8 Å². The first kappa shape index (κ1) is 11.2. The fourth-order valence-electron chi connectivity index (χ4n) is 1.45. The van der Waals surface area contributed by atoms with Crippen LogP contribution in [0.3, 0.4) is 0 Å². The molecule has 1 aliphatic rings. The highest BCUT2D eigenvalue weighted by Gasteiger charge is 2.39.